The van der Waals surface area contributed by atoms with Gasteiger partial charge in [-0.15, -0.1) is 22.7 Å². The molecule has 2 unspecified atom stereocenters. The van der Waals surface area contributed by atoms with Gasteiger partial charge in [-0.3, -0.25) is 0 Å². The zero-order valence-corrected chi connectivity index (χ0v) is 26.2. The molecule has 0 spiro atoms. The summed E-state index contributed by atoms with van der Waals surface area (Å²) >= 11 is 4.79. The van der Waals surface area contributed by atoms with Gasteiger partial charge in [0.15, 0.2) is 0 Å². The van der Waals surface area contributed by atoms with Crippen molar-refractivity contribution in [3.63, 3.8) is 0 Å². The Morgan fingerprint density at radius 3 is 1.46 bits per heavy atom. The predicted octanol–water partition coefficient (Wildman–Crippen LogP) is 10.6. The Morgan fingerprint density at radius 2 is 1.10 bits per heavy atom. The second-order valence-corrected chi connectivity index (χ2v) is 13.1. The number of benzene rings is 1. The van der Waals surface area contributed by atoms with Crippen LogP contribution in [0.5, 0.6) is 0 Å². The Labute approximate surface area is 245 Å². The standard InChI is InChI=1S/C32H40N4S3/c1-5-9-13-21(7-3)19-23-24(20-22(8-4)14-10-6-2)34-30-28(26-16-12-18-38-26)32-31(35-39-36-32)27(29(30)33-23)25-15-11-17-37-25/h11-12,15-18,21-22H,5-10,13-14,19-20H2,1-4H3. The zero-order chi connectivity index (χ0) is 27.2. The van der Waals surface area contributed by atoms with Crippen molar-refractivity contribution in [1.82, 2.24) is 18.7 Å². The van der Waals surface area contributed by atoms with Crippen LogP contribution in [-0.4, -0.2) is 18.7 Å². The molecule has 0 radical (unpaired) electrons. The molecule has 0 fully saturated rings. The highest BCUT2D eigenvalue weighted by Gasteiger charge is 2.26. The lowest BCUT2D eigenvalue weighted by Gasteiger charge is -2.21. The minimum absolute atomic E-state index is 0.637. The van der Waals surface area contributed by atoms with Crippen molar-refractivity contribution in [1.29, 1.82) is 0 Å². The molecule has 4 nitrogen and oxygen atoms in total. The lowest BCUT2D eigenvalue weighted by atomic mass is 9.89. The lowest BCUT2D eigenvalue weighted by Crippen LogP contribution is -2.14. The fraction of sp³-hybridized carbons (Fsp3) is 0.500. The van der Waals surface area contributed by atoms with Crippen LogP contribution < -0.4 is 0 Å². The van der Waals surface area contributed by atoms with Crippen LogP contribution in [0.1, 0.15) is 90.4 Å². The molecule has 1 aromatic carbocycles. The van der Waals surface area contributed by atoms with E-state index in [9.17, 15) is 0 Å². The molecule has 5 aromatic rings. The maximum absolute atomic E-state index is 5.58. The van der Waals surface area contributed by atoms with Gasteiger partial charge in [-0.05, 0) is 47.6 Å². The molecule has 0 bridgehead atoms. The number of nitrogens with zero attached hydrogens (tertiary/aromatic N) is 4. The molecule has 206 valence electrons. The minimum Gasteiger partial charge on any atom is -0.248 e. The highest BCUT2D eigenvalue weighted by Crippen LogP contribution is 2.44. The first-order valence-electron chi connectivity index (χ1n) is 14.7. The average Bonchev–Trinajstić information content (AvgIpc) is 3.75. The van der Waals surface area contributed by atoms with Crippen molar-refractivity contribution >= 4 is 56.5 Å². The minimum atomic E-state index is 0.637. The van der Waals surface area contributed by atoms with Gasteiger partial charge in [-0.1, -0.05) is 91.2 Å². The predicted molar refractivity (Wildman–Crippen MR) is 171 cm³/mol. The number of thiophene rings is 2. The van der Waals surface area contributed by atoms with Crippen LogP contribution in [0.2, 0.25) is 0 Å². The highest BCUT2D eigenvalue weighted by molar-refractivity contribution is 7.14. The number of aromatic nitrogens is 4. The van der Waals surface area contributed by atoms with Crippen LogP contribution in [-0.2, 0) is 12.8 Å². The summed E-state index contributed by atoms with van der Waals surface area (Å²) in [5.74, 6) is 1.27. The Kier molecular flexibility index (Phi) is 9.75. The Morgan fingerprint density at radius 1 is 0.641 bits per heavy atom. The maximum Gasteiger partial charge on any atom is 0.116 e. The molecule has 0 aliphatic rings. The summed E-state index contributed by atoms with van der Waals surface area (Å²) in [7, 11) is 0. The normalized spacial score (nSPS) is 13.4. The van der Waals surface area contributed by atoms with Crippen LogP contribution in [0.3, 0.4) is 0 Å². The molecule has 39 heavy (non-hydrogen) atoms. The van der Waals surface area contributed by atoms with Gasteiger partial charge < -0.3 is 0 Å². The van der Waals surface area contributed by atoms with E-state index in [0.29, 0.717) is 11.8 Å². The third-order valence-electron chi connectivity index (χ3n) is 8.07. The van der Waals surface area contributed by atoms with E-state index in [1.54, 1.807) is 22.7 Å². The third kappa shape index (κ3) is 6.10. The first kappa shape index (κ1) is 28.3. The van der Waals surface area contributed by atoms with Gasteiger partial charge in [0.1, 0.15) is 22.1 Å². The van der Waals surface area contributed by atoms with E-state index in [0.717, 1.165) is 46.0 Å². The molecule has 4 heterocycles. The summed E-state index contributed by atoms with van der Waals surface area (Å²) in [5, 5.41) is 4.28. The van der Waals surface area contributed by atoms with Gasteiger partial charge in [0.05, 0.1) is 23.1 Å². The van der Waals surface area contributed by atoms with Crippen LogP contribution in [0, 0.1) is 11.8 Å². The number of hydrogen-bond acceptors (Lipinski definition) is 7. The van der Waals surface area contributed by atoms with E-state index in [1.165, 1.54) is 84.2 Å². The van der Waals surface area contributed by atoms with E-state index in [-0.39, 0.29) is 0 Å². The van der Waals surface area contributed by atoms with Crippen LogP contribution >= 0.6 is 34.4 Å². The average molecular weight is 577 g/mol. The Hall–Kier alpha value is -2.22. The fourth-order valence-electron chi connectivity index (χ4n) is 5.66. The van der Waals surface area contributed by atoms with Gasteiger partial charge in [0.2, 0.25) is 0 Å². The van der Waals surface area contributed by atoms with Gasteiger partial charge in [-0.25, -0.2) is 9.97 Å². The largest absolute Gasteiger partial charge is 0.248 e. The van der Waals surface area contributed by atoms with E-state index < -0.39 is 0 Å². The van der Waals surface area contributed by atoms with E-state index in [2.05, 4.69) is 62.7 Å². The van der Waals surface area contributed by atoms with Crippen molar-refractivity contribution in [2.24, 2.45) is 11.8 Å². The zero-order valence-electron chi connectivity index (χ0n) is 23.7. The molecule has 0 aliphatic heterocycles. The molecule has 2 atom stereocenters. The summed E-state index contributed by atoms with van der Waals surface area (Å²) in [6.45, 7) is 9.25. The van der Waals surface area contributed by atoms with Gasteiger partial charge in [0, 0.05) is 20.9 Å². The molecule has 0 amide bonds. The highest BCUT2D eigenvalue weighted by atomic mass is 32.1. The van der Waals surface area contributed by atoms with E-state index in [1.807, 2.05) is 0 Å². The number of rotatable bonds is 14. The number of unbranched alkanes of at least 4 members (excludes halogenated alkanes) is 2. The topological polar surface area (TPSA) is 51.6 Å². The summed E-state index contributed by atoms with van der Waals surface area (Å²) in [5.41, 5.74) is 8.51. The summed E-state index contributed by atoms with van der Waals surface area (Å²) in [6, 6.07) is 8.61. The van der Waals surface area contributed by atoms with E-state index >= 15 is 0 Å². The molecule has 4 aromatic heterocycles. The SMILES string of the molecule is CCCCC(CC)Cc1nc2c(-c3cccs3)c3nsnc3c(-c3cccs3)c2nc1CC(CC)CCCC. The second kappa shape index (κ2) is 13.4. The number of hydrogen-bond donors (Lipinski definition) is 0. The van der Waals surface area contributed by atoms with Crippen LogP contribution in [0.25, 0.3) is 42.9 Å². The molecule has 0 aliphatic carbocycles. The summed E-state index contributed by atoms with van der Waals surface area (Å²) < 4.78 is 9.67. The molecule has 5 rings (SSSR count). The monoisotopic (exact) mass is 576 g/mol. The van der Waals surface area contributed by atoms with Crippen molar-refractivity contribution in [2.45, 2.75) is 91.9 Å². The molecular formula is C32H40N4S3. The fourth-order valence-corrected chi connectivity index (χ4v) is 7.77. The lowest BCUT2D eigenvalue weighted by molar-refractivity contribution is 0.427. The second-order valence-electron chi connectivity index (χ2n) is 10.7. The Bertz CT molecular complexity index is 1360. The quantitative estimate of drug-likeness (QED) is 0.132. The first-order chi connectivity index (χ1) is 19.2. The molecule has 0 saturated carbocycles. The number of fused-ring (bicyclic) bond motifs is 2. The van der Waals surface area contributed by atoms with Crippen LogP contribution in [0.15, 0.2) is 35.0 Å². The summed E-state index contributed by atoms with van der Waals surface area (Å²) in [6.07, 6.45) is 11.9. The van der Waals surface area contributed by atoms with Crippen molar-refractivity contribution in [3.05, 3.63) is 46.4 Å². The smallest absolute Gasteiger partial charge is 0.116 e. The Balaban J connectivity index is 1.77. The van der Waals surface area contributed by atoms with E-state index in [4.69, 9.17) is 18.7 Å². The maximum atomic E-state index is 5.58. The van der Waals surface area contributed by atoms with Crippen molar-refractivity contribution in [3.8, 4) is 20.9 Å². The molecule has 0 N–H and O–H groups in total. The van der Waals surface area contributed by atoms with Gasteiger partial charge >= 0.3 is 0 Å². The summed E-state index contributed by atoms with van der Waals surface area (Å²) in [4.78, 5) is 13.5. The van der Waals surface area contributed by atoms with Gasteiger partial charge in [-0.2, -0.15) is 8.75 Å². The molecule has 0 saturated heterocycles. The molecular weight excluding hydrogens is 537 g/mol. The van der Waals surface area contributed by atoms with Crippen molar-refractivity contribution in [2.75, 3.05) is 0 Å². The van der Waals surface area contributed by atoms with Crippen LogP contribution in [0.4, 0.5) is 0 Å². The third-order valence-corrected chi connectivity index (χ3v) is 10.4. The molecule has 7 heteroatoms. The first-order valence-corrected chi connectivity index (χ1v) is 17.2. The van der Waals surface area contributed by atoms with Crippen molar-refractivity contribution < 1.29 is 0 Å². The van der Waals surface area contributed by atoms with Gasteiger partial charge in [0.25, 0.3) is 0 Å².